The lowest BCUT2D eigenvalue weighted by atomic mass is 9.66. The van der Waals surface area contributed by atoms with Gasteiger partial charge < -0.3 is 0 Å². The van der Waals surface area contributed by atoms with Crippen LogP contribution in [0.15, 0.2) is 54.6 Å². The fourth-order valence-electron chi connectivity index (χ4n) is 3.40. The number of hydrogen-bond acceptors (Lipinski definition) is 1. The summed E-state index contributed by atoms with van der Waals surface area (Å²) in [5.41, 5.74) is 3.02. The van der Waals surface area contributed by atoms with E-state index >= 15 is 0 Å². The molecule has 0 spiro atoms. The van der Waals surface area contributed by atoms with Crippen molar-refractivity contribution < 1.29 is 4.79 Å². The molecule has 0 saturated heterocycles. The van der Waals surface area contributed by atoms with Crippen LogP contribution in [-0.2, 0) is 5.41 Å². The zero-order valence-corrected chi connectivity index (χ0v) is 15.8. The zero-order valence-electron chi connectivity index (χ0n) is 12.6. The number of halogens is 2. The summed E-state index contributed by atoms with van der Waals surface area (Å²) in [4.78, 5) is 13.1. The molecule has 3 rings (SSSR count). The first-order chi connectivity index (χ1) is 10.4. The molecule has 22 heavy (non-hydrogen) atoms. The number of rotatable bonds is 2. The molecule has 0 heterocycles. The Hall–Kier alpha value is -0.930. The Labute approximate surface area is 148 Å². The number of carbonyl (C=O) groups excluding carboxylic acids is 1. The maximum atomic E-state index is 13.2. The van der Waals surface area contributed by atoms with E-state index in [0.29, 0.717) is 0 Å². The Morgan fingerprint density at radius 2 is 1.59 bits per heavy atom. The highest BCUT2D eigenvalue weighted by molar-refractivity contribution is 9.12. The van der Waals surface area contributed by atoms with Crippen LogP contribution in [-0.4, -0.2) is 10.1 Å². The van der Waals surface area contributed by atoms with Gasteiger partial charge in [0.1, 0.15) is 4.32 Å². The summed E-state index contributed by atoms with van der Waals surface area (Å²) in [6.07, 6.45) is 0.751. The molecule has 2 aromatic carbocycles. The molecule has 0 bridgehead atoms. The van der Waals surface area contributed by atoms with Crippen LogP contribution in [0.25, 0.3) is 0 Å². The summed E-state index contributed by atoms with van der Waals surface area (Å²) < 4.78 is -0.633. The van der Waals surface area contributed by atoms with E-state index in [2.05, 4.69) is 63.9 Å². The second-order valence-electron chi connectivity index (χ2n) is 6.57. The third-order valence-corrected chi connectivity index (χ3v) is 7.49. The molecule has 0 amide bonds. The van der Waals surface area contributed by atoms with E-state index in [9.17, 15) is 4.79 Å². The van der Waals surface area contributed by atoms with Gasteiger partial charge in [-0.05, 0) is 23.0 Å². The van der Waals surface area contributed by atoms with Crippen molar-refractivity contribution in [3.05, 3.63) is 71.3 Å². The number of alkyl halides is 2. The molecule has 3 heteroatoms. The van der Waals surface area contributed by atoms with Gasteiger partial charge in [0.2, 0.25) is 0 Å². The molecule has 0 fully saturated rings. The van der Waals surface area contributed by atoms with Gasteiger partial charge in [-0.2, -0.15) is 0 Å². The topological polar surface area (TPSA) is 17.1 Å². The fraction of sp³-hybridized carbons (Fsp3) is 0.316. The van der Waals surface area contributed by atoms with E-state index in [1.807, 2.05) is 36.4 Å². The van der Waals surface area contributed by atoms with Crippen molar-refractivity contribution in [2.75, 3.05) is 0 Å². The molecule has 0 radical (unpaired) electrons. The second kappa shape index (κ2) is 5.61. The van der Waals surface area contributed by atoms with Crippen LogP contribution in [0.1, 0.15) is 46.6 Å². The molecular weight excluding hydrogens is 404 g/mol. The predicted octanol–water partition coefficient (Wildman–Crippen LogP) is 5.82. The minimum absolute atomic E-state index is 0.0607. The largest absolute Gasteiger partial charge is 0.293 e. The first kappa shape index (κ1) is 15.9. The molecule has 1 aliphatic carbocycles. The number of carbonyl (C=O) groups is 1. The lowest BCUT2D eigenvalue weighted by Gasteiger charge is -2.44. The number of Topliss-reactive ketones (excluding diaryl/α,β-unsaturated/α-hetero) is 1. The zero-order chi connectivity index (χ0) is 16.0. The van der Waals surface area contributed by atoms with Crippen molar-refractivity contribution >= 4 is 37.6 Å². The number of benzene rings is 2. The van der Waals surface area contributed by atoms with E-state index in [4.69, 9.17) is 0 Å². The van der Waals surface area contributed by atoms with Crippen molar-refractivity contribution in [2.45, 2.75) is 34.8 Å². The van der Waals surface area contributed by atoms with Gasteiger partial charge in [0.15, 0.2) is 5.78 Å². The van der Waals surface area contributed by atoms with Gasteiger partial charge in [-0.1, -0.05) is 100 Å². The summed E-state index contributed by atoms with van der Waals surface area (Å²) >= 11 is 7.59. The second-order valence-corrected chi connectivity index (χ2v) is 8.90. The number of fused-ring (bicyclic) bond motifs is 1. The Balaban J connectivity index is 2.11. The first-order valence-corrected chi connectivity index (χ1v) is 9.09. The Morgan fingerprint density at radius 1 is 1.00 bits per heavy atom. The fourth-order valence-corrected chi connectivity index (χ4v) is 5.26. The molecule has 1 aliphatic rings. The van der Waals surface area contributed by atoms with Crippen molar-refractivity contribution in [3.63, 3.8) is 0 Å². The van der Waals surface area contributed by atoms with Gasteiger partial charge in [-0.25, -0.2) is 0 Å². The van der Waals surface area contributed by atoms with Crippen molar-refractivity contribution in [1.82, 2.24) is 0 Å². The lowest BCUT2D eigenvalue weighted by molar-refractivity contribution is 0.0908. The minimum Gasteiger partial charge on any atom is -0.293 e. The minimum atomic E-state index is -0.633. The van der Waals surface area contributed by atoms with Crippen LogP contribution in [0.2, 0.25) is 0 Å². The molecule has 1 nitrogen and oxygen atoms in total. The SMILES string of the molecule is CC1(C)C[C@@](Br)([C@@H](Br)c2ccccc2)C(=O)c2ccccc21. The highest BCUT2D eigenvalue weighted by atomic mass is 79.9. The maximum absolute atomic E-state index is 13.2. The molecule has 0 saturated carbocycles. The van der Waals surface area contributed by atoms with Gasteiger partial charge in [0, 0.05) is 5.56 Å². The standard InChI is InChI=1S/C19H18Br2O/c1-18(2)12-19(21,16(20)13-8-4-3-5-9-13)17(22)14-10-6-7-11-15(14)18/h3-11,16H,12H2,1-2H3/t16-,19+/m0/s1. The normalized spacial score (nSPS) is 24.6. The summed E-state index contributed by atoms with van der Waals surface area (Å²) in [5.74, 6) is 0.160. The van der Waals surface area contributed by atoms with E-state index in [-0.39, 0.29) is 16.0 Å². The summed E-state index contributed by atoms with van der Waals surface area (Å²) in [6.45, 7) is 4.41. The Kier molecular flexibility index (Phi) is 4.07. The molecule has 0 unspecified atom stereocenters. The van der Waals surface area contributed by atoms with Crippen molar-refractivity contribution in [1.29, 1.82) is 0 Å². The van der Waals surface area contributed by atoms with E-state index < -0.39 is 4.32 Å². The molecule has 0 N–H and O–H groups in total. The summed E-state index contributed by atoms with van der Waals surface area (Å²) in [5, 5.41) is 0. The van der Waals surface area contributed by atoms with E-state index in [1.165, 1.54) is 0 Å². The molecule has 114 valence electrons. The van der Waals surface area contributed by atoms with Crippen LogP contribution in [0, 0.1) is 0 Å². The average Bonchev–Trinajstić information content (AvgIpc) is 2.52. The monoisotopic (exact) mass is 420 g/mol. The quantitative estimate of drug-likeness (QED) is 0.558. The van der Waals surface area contributed by atoms with Gasteiger partial charge in [-0.3, -0.25) is 4.79 Å². The van der Waals surface area contributed by atoms with Gasteiger partial charge in [-0.15, -0.1) is 0 Å². The number of hydrogen-bond donors (Lipinski definition) is 0. The van der Waals surface area contributed by atoms with Crippen LogP contribution in [0.3, 0.4) is 0 Å². The van der Waals surface area contributed by atoms with Crippen LogP contribution < -0.4 is 0 Å². The maximum Gasteiger partial charge on any atom is 0.181 e. The summed E-state index contributed by atoms with van der Waals surface area (Å²) in [6, 6.07) is 18.1. The first-order valence-electron chi connectivity index (χ1n) is 7.38. The van der Waals surface area contributed by atoms with Crippen molar-refractivity contribution in [3.8, 4) is 0 Å². The molecule has 2 atom stereocenters. The summed E-state index contributed by atoms with van der Waals surface area (Å²) in [7, 11) is 0. The van der Waals surface area contributed by atoms with Gasteiger partial charge in [0.25, 0.3) is 0 Å². The lowest BCUT2D eigenvalue weighted by Crippen LogP contribution is -2.47. The highest BCUT2D eigenvalue weighted by Crippen LogP contribution is 2.53. The van der Waals surface area contributed by atoms with Gasteiger partial charge >= 0.3 is 0 Å². The predicted molar refractivity (Wildman–Crippen MR) is 98.2 cm³/mol. The molecular formula is C19H18Br2O. The van der Waals surface area contributed by atoms with Crippen molar-refractivity contribution in [2.24, 2.45) is 0 Å². The van der Waals surface area contributed by atoms with E-state index in [1.54, 1.807) is 0 Å². The van der Waals surface area contributed by atoms with Crippen LogP contribution >= 0.6 is 31.9 Å². The van der Waals surface area contributed by atoms with E-state index in [0.717, 1.165) is 23.1 Å². The molecule has 0 aromatic heterocycles. The molecule has 0 aliphatic heterocycles. The van der Waals surface area contributed by atoms with Gasteiger partial charge in [0.05, 0.1) is 4.83 Å². The van der Waals surface area contributed by atoms with Crippen LogP contribution in [0.4, 0.5) is 0 Å². The smallest absolute Gasteiger partial charge is 0.181 e. The number of ketones is 1. The average molecular weight is 422 g/mol. The Bertz CT molecular complexity index is 708. The third-order valence-electron chi connectivity index (χ3n) is 4.47. The highest BCUT2D eigenvalue weighted by Gasteiger charge is 2.51. The molecule has 2 aromatic rings. The third kappa shape index (κ3) is 2.48. The Morgan fingerprint density at radius 3 is 2.27 bits per heavy atom. The van der Waals surface area contributed by atoms with Crippen LogP contribution in [0.5, 0.6) is 0 Å².